The van der Waals surface area contributed by atoms with Crippen molar-refractivity contribution in [2.75, 3.05) is 13.1 Å². The molecule has 1 aliphatic rings. The summed E-state index contributed by atoms with van der Waals surface area (Å²) in [4.78, 5) is 13.6. The van der Waals surface area contributed by atoms with E-state index in [2.05, 4.69) is 4.40 Å². The number of ether oxygens (including phenoxy) is 1. The third-order valence-corrected chi connectivity index (χ3v) is 4.13. The van der Waals surface area contributed by atoms with Gasteiger partial charge >= 0.3 is 6.09 Å². The minimum Gasteiger partial charge on any atom is -0.591 e. The smallest absolute Gasteiger partial charge is 0.410 e. The van der Waals surface area contributed by atoms with Crippen molar-refractivity contribution in [2.24, 2.45) is 10.3 Å². The molecule has 0 spiro atoms. The number of carbonyl (C=O) groups is 1. The van der Waals surface area contributed by atoms with Crippen molar-refractivity contribution in [2.45, 2.75) is 58.3 Å². The van der Waals surface area contributed by atoms with Crippen molar-refractivity contribution in [1.29, 1.82) is 0 Å². The van der Waals surface area contributed by atoms with Gasteiger partial charge in [-0.25, -0.2) is 4.79 Å². The molecule has 20 heavy (non-hydrogen) atoms. The number of hydrogen-bond acceptors (Lipinski definition) is 4. The van der Waals surface area contributed by atoms with Crippen LogP contribution in [0.4, 0.5) is 4.79 Å². The van der Waals surface area contributed by atoms with Crippen molar-refractivity contribution in [3.05, 3.63) is 0 Å². The lowest BCUT2D eigenvalue weighted by Gasteiger charge is -2.24. The molecule has 1 unspecified atom stereocenters. The molecule has 1 saturated heterocycles. The van der Waals surface area contributed by atoms with E-state index >= 15 is 0 Å². The number of amides is 1. The summed E-state index contributed by atoms with van der Waals surface area (Å²) in [7, 11) is 0. The molecule has 2 atom stereocenters. The molecule has 6 heteroatoms. The predicted octanol–water partition coefficient (Wildman–Crippen LogP) is 2.78. The van der Waals surface area contributed by atoms with Crippen LogP contribution in [0.15, 0.2) is 4.40 Å². The average molecular weight is 302 g/mol. The molecule has 0 saturated carbocycles. The van der Waals surface area contributed by atoms with Crippen molar-refractivity contribution in [1.82, 2.24) is 4.90 Å². The Bertz CT molecular complexity index is 372. The summed E-state index contributed by atoms with van der Waals surface area (Å²) in [5.41, 5.74) is -0.475. The highest BCUT2D eigenvalue weighted by atomic mass is 32.2. The Morgan fingerprint density at radius 3 is 2.45 bits per heavy atom. The number of carbonyl (C=O) groups excluding carboxylic acids is 1. The first kappa shape index (κ1) is 17.3. The van der Waals surface area contributed by atoms with E-state index in [9.17, 15) is 9.35 Å². The SMILES string of the molecule is CC(C)(C)OC(=O)N1CCC(C=N[S@+]([O-])C(C)(C)C)C1. The lowest BCUT2D eigenvalue weighted by molar-refractivity contribution is 0.0292. The molecular weight excluding hydrogens is 276 g/mol. The molecule has 0 aromatic heterocycles. The topological polar surface area (TPSA) is 65.0 Å². The normalized spacial score (nSPS) is 22.4. The largest absolute Gasteiger partial charge is 0.591 e. The molecule has 0 aromatic rings. The van der Waals surface area contributed by atoms with Crippen LogP contribution in [-0.4, -0.2) is 45.2 Å². The lowest BCUT2D eigenvalue weighted by Crippen LogP contribution is -2.35. The standard InChI is InChI=1S/C14H26N2O3S/c1-13(2,3)19-12(17)16-8-7-11(10-16)9-15-20(18)14(4,5)6/h9,11H,7-8,10H2,1-6H3/t11?,20-/m1/s1. The van der Waals surface area contributed by atoms with Gasteiger partial charge in [-0.15, -0.1) is 0 Å². The molecule has 0 aromatic carbocycles. The molecule has 116 valence electrons. The fourth-order valence-electron chi connectivity index (χ4n) is 1.70. The van der Waals surface area contributed by atoms with Crippen molar-refractivity contribution in [3.8, 4) is 0 Å². The summed E-state index contributed by atoms with van der Waals surface area (Å²) in [6.45, 7) is 12.5. The van der Waals surface area contributed by atoms with Gasteiger partial charge in [0.05, 0.1) is 6.21 Å². The molecule has 5 nitrogen and oxygen atoms in total. The molecule has 1 heterocycles. The third-order valence-electron chi connectivity index (χ3n) is 2.77. The van der Waals surface area contributed by atoms with E-state index in [1.807, 2.05) is 41.5 Å². The second kappa shape index (κ2) is 6.35. The zero-order valence-corrected chi connectivity index (χ0v) is 14.1. The second-order valence-electron chi connectivity index (χ2n) is 7.09. The van der Waals surface area contributed by atoms with Gasteiger partial charge in [0.25, 0.3) is 0 Å². The van der Waals surface area contributed by atoms with Crippen molar-refractivity contribution >= 4 is 23.7 Å². The van der Waals surface area contributed by atoms with Gasteiger partial charge in [-0.3, -0.25) is 0 Å². The van der Waals surface area contributed by atoms with E-state index in [-0.39, 0.29) is 16.8 Å². The van der Waals surface area contributed by atoms with Crippen LogP contribution < -0.4 is 0 Å². The van der Waals surface area contributed by atoms with E-state index in [1.165, 1.54) is 0 Å². The number of nitrogens with zero attached hydrogens (tertiary/aromatic N) is 2. The van der Waals surface area contributed by atoms with Crippen LogP contribution in [0.1, 0.15) is 48.0 Å². The second-order valence-corrected chi connectivity index (χ2v) is 9.02. The summed E-state index contributed by atoms with van der Waals surface area (Å²) in [6.07, 6.45) is 2.28. The molecule has 1 amide bonds. The van der Waals surface area contributed by atoms with Gasteiger partial charge in [0.2, 0.25) is 0 Å². The average Bonchev–Trinajstić information content (AvgIpc) is 2.70. The van der Waals surface area contributed by atoms with Gasteiger partial charge in [0.1, 0.15) is 21.7 Å². The van der Waals surface area contributed by atoms with Crippen LogP contribution in [0.3, 0.4) is 0 Å². The van der Waals surface area contributed by atoms with Crippen LogP contribution in [0.25, 0.3) is 0 Å². The van der Waals surface area contributed by atoms with Gasteiger partial charge in [-0.2, -0.15) is 0 Å². The van der Waals surface area contributed by atoms with Crippen LogP contribution >= 0.6 is 0 Å². The summed E-state index contributed by atoms with van der Waals surface area (Å²) < 4.78 is 20.9. The Morgan fingerprint density at radius 2 is 1.95 bits per heavy atom. The quantitative estimate of drug-likeness (QED) is 0.582. The minimum absolute atomic E-state index is 0.161. The van der Waals surface area contributed by atoms with E-state index < -0.39 is 17.0 Å². The molecule has 0 bridgehead atoms. The van der Waals surface area contributed by atoms with Gasteiger partial charge in [-0.05, 0) is 48.0 Å². The van der Waals surface area contributed by atoms with Gasteiger partial charge in [-0.1, -0.05) is 4.40 Å². The molecule has 0 N–H and O–H groups in total. The lowest BCUT2D eigenvalue weighted by atomic mass is 10.1. The first-order valence-corrected chi connectivity index (χ1v) is 8.04. The van der Waals surface area contributed by atoms with E-state index in [0.29, 0.717) is 13.1 Å². The van der Waals surface area contributed by atoms with Crippen LogP contribution in [0.5, 0.6) is 0 Å². The zero-order valence-electron chi connectivity index (χ0n) is 13.3. The Labute approximate surface area is 125 Å². The number of likely N-dealkylation sites (tertiary alicyclic amines) is 1. The summed E-state index contributed by atoms with van der Waals surface area (Å²) in [5, 5.41) is 0. The Kier molecular flexibility index (Phi) is 5.49. The van der Waals surface area contributed by atoms with Gasteiger partial charge in [0, 0.05) is 19.0 Å². The maximum atomic E-state index is 11.9. The van der Waals surface area contributed by atoms with Crippen molar-refractivity contribution in [3.63, 3.8) is 0 Å². The molecule has 0 aliphatic carbocycles. The third kappa shape index (κ3) is 5.71. The zero-order chi connectivity index (χ0) is 15.6. The first-order valence-electron chi connectivity index (χ1n) is 6.93. The fourth-order valence-corrected chi connectivity index (χ4v) is 2.30. The monoisotopic (exact) mass is 302 g/mol. The Hall–Kier alpha value is -0.750. The maximum absolute atomic E-state index is 11.9. The highest BCUT2D eigenvalue weighted by Crippen LogP contribution is 2.20. The van der Waals surface area contributed by atoms with Gasteiger partial charge < -0.3 is 14.2 Å². The molecule has 1 fully saturated rings. The van der Waals surface area contributed by atoms with Crippen LogP contribution in [-0.2, 0) is 16.1 Å². The first-order chi connectivity index (χ1) is 8.99. The van der Waals surface area contributed by atoms with E-state index in [0.717, 1.165) is 6.42 Å². The summed E-state index contributed by atoms with van der Waals surface area (Å²) in [6, 6.07) is 0. The number of rotatable bonds is 2. The van der Waals surface area contributed by atoms with E-state index in [1.54, 1.807) is 11.1 Å². The summed E-state index contributed by atoms with van der Waals surface area (Å²) in [5.74, 6) is 0.161. The molecular formula is C14H26N2O3S. The Morgan fingerprint density at radius 1 is 1.35 bits per heavy atom. The molecule has 0 radical (unpaired) electrons. The maximum Gasteiger partial charge on any atom is 0.410 e. The molecule has 1 aliphatic heterocycles. The van der Waals surface area contributed by atoms with Crippen LogP contribution in [0, 0.1) is 5.92 Å². The minimum atomic E-state index is -1.24. The number of hydrogen-bond donors (Lipinski definition) is 0. The van der Waals surface area contributed by atoms with E-state index in [4.69, 9.17) is 4.74 Å². The predicted molar refractivity (Wildman–Crippen MR) is 82.3 cm³/mol. The fraction of sp³-hybridized carbons (Fsp3) is 0.857. The van der Waals surface area contributed by atoms with Gasteiger partial charge in [0.15, 0.2) is 0 Å². The van der Waals surface area contributed by atoms with Crippen molar-refractivity contribution < 1.29 is 14.1 Å². The summed E-state index contributed by atoms with van der Waals surface area (Å²) >= 11 is -1.24. The van der Waals surface area contributed by atoms with Crippen LogP contribution in [0.2, 0.25) is 0 Å². The highest BCUT2D eigenvalue weighted by molar-refractivity contribution is 7.91. The molecule has 1 rings (SSSR count). The highest BCUT2D eigenvalue weighted by Gasteiger charge is 2.30. The Balaban J connectivity index is 2.48.